The number of carboxylic acid groups (broad SMARTS) is 1. The predicted molar refractivity (Wildman–Crippen MR) is 102 cm³/mol. The number of aryl methyl sites for hydroxylation is 1. The molecule has 1 aromatic carbocycles. The van der Waals surface area contributed by atoms with Crippen LogP contribution in [0.3, 0.4) is 0 Å². The molecule has 0 atom stereocenters. The van der Waals surface area contributed by atoms with E-state index in [0.717, 1.165) is 36.0 Å². The molecule has 6 nitrogen and oxygen atoms in total. The Morgan fingerprint density at radius 2 is 1.85 bits per heavy atom. The summed E-state index contributed by atoms with van der Waals surface area (Å²) >= 11 is 0. The van der Waals surface area contributed by atoms with Gasteiger partial charge < -0.3 is 24.5 Å². The van der Waals surface area contributed by atoms with Crippen LogP contribution >= 0.6 is 0 Å². The summed E-state index contributed by atoms with van der Waals surface area (Å²) in [6, 6.07) is 5.99. The van der Waals surface area contributed by atoms with Crippen LogP contribution in [0.4, 0.5) is 4.79 Å². The fourth-order valence-electron chi connectivity index (χ4n) is 2.79. The van der Waals surface area contributed by atoms with Gasteiger partial charge in [-0.1, -0.05) is 13.0 Å². The molecule has 0 unspecified atom stereocenters. The minimum absolute atomic E-state index is 0.359. The summed E-state index contributed by atoms with van der Waals surface area (Å²) < 4.78 is 18.1. The maximum atomic E-state index is 10.4. The zero-order valence-electron chi connectivity index (χ0n) is 16.4. The molecule has 0 bridgehead atoms. The first-order valence-corrected chi connectivity index (χ1v) is 9.24. The first-order chi connectivity index (χ1) is 12.2. The maximum Gasteiger partial charge on any atom is 0.495 e. The molecule has 7 heteroatoms. The summed E-state index contributed by atoms with van der Waals surface area (Å²) in [5.74, 6) is 0.813. The SMILES string of the molecule is CCc1cc(OCCCCNC(=O)O)ccc1B1OC(C)(C)C(C)(C)O1. The second-order valence-electron chi connectivity index (χ2n) is 7.59. The Balaban J connectivity index is 1.95. The van der Waals surface area contributed by atoms with Crippen LogP contribution in [0, 0.1) is 0 Å². The topological polar surface area (TPSA) is 77.0 Å². The van der Waals surface area contributed by atoms with E-state index in [1.807, 2.05) is 18.2 Å². The van der Waals surface area contributed by atoms with E-state index in [2.05, 4.69) is 39.9 Å². The third-order valence-electron chi connectivity index (χ3n) is 5.12. The van der Waals surface area contributed by atoms with Crippen molar-refractivity contribution in [2.75, 3.05) is 13.2 Å². The number of nitrogens with one attached hydrogen (secondary N) is 1. The Morgan fingerprint density at radius 3 is 2.42 bits per heavy atom. The van der Waals surface area contributed by atoms with Gasteiger partial charge in [-0.3, -0.25) is 0 Å². The summed E-state index contributed by atoms with van der Waals surface area (Å²) in [6.45, 7) is 11.3. The lowest BCUT2D eigenvalue weighted by Crippen LogP contribution is -2.41. The molecule has 1 aliphatic rings. The Morgan fingerprint density at radius 1 is 1.19 bits per heavy atom. The second-order valence-corrected chi connectivity index (χ2v) is 7.59. The van der Waals surface area contributed by atoms with Crippen LogP contribution < -0.4 is 15.5 Å². The highest BCUT2D eigenvalue weighted by Crippen LogP contribution is 2.36. The number of carbonyl (C=O) groups is 1. The molecule has 1 fully saturated rings. The quantitative estimate of drug-likeness (QED) is 0.549. The lowest BCUT2D eigenvalue weighted by Gasteiger charge is -2.32. The third kappa shape index (κ3) is 4.92. The molecule has 1 aromatic rings. The van der Waals surface area contributed by atoms with E-state index in [9.17, 15) is 4.79 Å². The van der Waals surface area contributed by atoms with Crippen molar-refractivity contribution in [3.05, 3.63) is 23.8 Å². The van der Waals surface area contributed by atoms with Crippen molar-refractivity contribution in [1.82, 2.24) is 5.32 Å². The van der Waals surface area contributed by atoms with Gasteiger partial charge in [-0.15, -0.1) is 0 Å². The summed E-state index contributed by atoms with van der Waals surface area (Å²) in [5, 5.41) is 10.9. The van der Waals surface area contributed by atoms with Gasteiger partial charge in [0.1, 0.15) is 5.75 Å². The average Bonchev–Trinajstić information content (AvgIpc) is 2.78. The molecule has 1 aliphatic heterocycles. The second kappa shape index (κ2) is 8.31. The summed E-state index contributed by atoms with van der Waals surface area (Å²) in [6.07, 6.45) is 1.41. The first-order valence-electron chi connectivity index (χ1n) is 9.24. The summed E-state index contributed by atoms with van der Waals surface area (Å²) in [7, 11) is -0.369. The Kier molecular flexibility index (Phi) is 6.58. The van der Waals surface area contributed by atoms with Gasteiger partial charge in [0.05, 0.1) is 17.8 Å². The van der Waals surface area contributed by atoms with Crippen molar-refractivity contribution in [3.63, 3.8) is 0 Å². The Bertz CT molecular complexity index is 616. The third-order valence-corrected chi connectivity index (χ3v) is 5.12. The van der Waals surface area contributed by atoms with Crippen LogP contribution in [0.2, 0.25) is 0 Å². The smallest absolute Gasteiger partial charge is 0.494 e. The zero-order valence-corrected chi connectivity index (χ0v) is 16.4. The molecule has 2 rings (SSSR count). The van der Waals surface area contributed by atoms with Gasteiger partial charge in [0, 0.05) is 6.54 Å². The Labute approximate surface area is 156 Å². The van der Waals surface area contributed by atoms with E-state index in [0.29, 0.717) is 13.2 Å². The highest BCUT2D eigenvalue weighted by molar-refractivity contribution is 6.62. The Hall–Kier alpha value is -1.73. The molecule has 1 saturated heterocycles. The molecule has 0 radical (unpaired) electrons. The van der Waals surface area contributed by atoms with Gasteiger partial charge in [0.25, 0.3) is 0 Å². The first kappa shape index (κ1) is 20.6. The number of hydrogen-bond donors (Lipinski definition) is 2. The molecule has 26 heavy (non-hydrogen) atoms. The fraction of sp³-hybridized carbons (Fsp3) is 0.632. The highest BCUT2D eigenvalue weighted by atomic mass is 16.7. The summed E-state index contributed by atoms with van der Waals surface area (Å²) in [5.41, 5.74) is 1.47. The van der Waals surface area contributed by atoms with Crippen LogP contribution in [-0.4, -0.2) is 42.7 Å². The molecule has 2 N–H and O–H groups in total. The van der Waals surface area contributed by atoms with Gasteiger partial charge in [0.15, 0.2) is 0 Å². The van der Waals surface area contributed by atoms with Crippen LogP contribution in [-0.2, 0) is 15.7 Å². The van der Waals surface area contributed by atoms with E-state index < -0.39 is 6.09 Å². The number of rotatable bonds is 8. The molecule has 0 aliphatic carbocycles. The van der Waals surface area contributed by atoms with Crippen molar-refractivity contribution < 1.29 is 23.9 Å². The number of amides is 1. The van der Waals surface area contributed by atoms with Crippen LogP contribution in [0.5, 0.6) is 5.75 Å². The monoisotopic (exact) mass is 363 g/mol. The number of ether oxygens (including phenoxy) is 1. The van der Waals surface area contributed by atoms with Gasteiger partial charge in [-0.2, -0.15) is 0 Å². The zero-order chi connectivity index (χ0) is 19.4. The molecular formula is C19H30BNO5. The van der Waals surface area contributed by atoms with Gasteiger partial charge >= 0.3 is 13.2 Å². The van der Waals surface area contributed by atoms with E-state index >= 15 is 0 Å². The molecule has 1 heterocycles. The fourth-order valence-corrected chi connectivity index (χ4v) is 2.79. The van der Waals surface area contributed by atoms with Crippen molar-refractivity contribution >= 4 is 18.7 Å². The van der Waals surface area contributed by atoms with Crippen LogP contribution in [0.15, 0.2) is 18.2 Å². The lowest BCUT2D eigenvalue weighted by atomic mass is 9.75. The van der Waals surface area contributed by atoms with Crippen molar-refractivity contribution in [1.29, 1.82) is 0 Å². The van der Waals surface area contributed by atoms with Gasteiger partial charge in [-0.25, -0.2) is 4.79 Å². The largest absolute Gasteiger partial charge is 0.495 e. The lowest BCUT2D eigenvalue weighted by molar-refractivity contribution is 0.00578. The minimum atomic E-state index is -0.989. The van der Waals surface area contributed by atoms with Crippen molar-refractivity contribution in [2.45, 2.75) is 65.1 Å². The molecular weight excluding hydrogens is 333 g/mol. The standard InChI is InChI=1S/C19H30BNO5/c1-6-14-13-15(24-12-8-7-11-21-17(22)23)9-10-16(14)20-25-18(2,3)19(4,5)26-20/h9-10,13,21H,6-8,11-12H2,1-5H3,(H,22,23). The normalized spacial score (nSPS) is 18.0. The molecule has 1 amide bonds. The van der Waals surface area contributed by atoms with E-state index in [4.69, 9.17) is 19.2 Å². The molecule has 144 valence electrons. The van der Waals surface area contributed by atoms with Gasteiger partial charge in [0.2, 0.25) is 0 Å². The maximum absolute atomic E-state index is 10.4. The molecule has 0 spiro atoms. The van der Waals surface area contributed by atoms with E-state index in [-0.39, 0.29) is 18.3 Å². The minimum Gasteiger partial charge on any atom is -0.494 e. The van der Waals surface area contributed by atoms with Gasteiger partial charge in [-0.05, 0) is 70.1 Å². The number of benzene rings is 1. The van der Waals surface area contributed by atoms with Crippen molar-refractivity contribution in [2.24, 2.45) is 0 Å². The van der Waals surface area contributed by atoms with Crippen LogP contribution in [0.1, 0.15) is 53.0 Å². The number of hydrogen-bond acceptors (Lipinski definition) is 4. The molecule has 0 saturated carbocycles. The van der Waals surface area contributed by atoms with Crippen LogP contribution in [0.25, 0.3) is 0 Å². The van der Waals surface area contributed by atoms with Crippen molar-refractivity contribution in [3.8, 4) is 5.75 Å². The number of unbranched alkanes of at least 4 members (excludes halogenated alkanes) is 1. The predicted octanol–water partition coefficient (Wildman–Crippen LogP) is 2.97. The van der Waals surface area contributed by atoms with E-state index in [1.165, 1.54) is 0 Å². The highest BCUT2D eigenvalue weighted by Gasteiger charge is 2.52. The summed E-state index contributed by atoms with van der Waals surface area (Å²) in [4.78, 5) is 10.4. The molecule has 0 aromatic heterocycles. The van der Waals surface area contributed by atoms with E-state index in [1.54, 1.807) is 0 Å². The average molecular weight is 363 g/mol.